The van der Waals surface area contributed by atoms with Crippen molar-refractivity contribution in [2.24, 2.45) is 0 Å². The molecule has 1 unspecified atom stereocenters. The Hall–Kier alpha value is -4.32. The zero-order chi connectivity index (χ0) is 27.3. The number of carbonyl (C=O) groups is 2. The van der Waals surface area contributed by atoms with Gasteiger partial charge in [0.05, 0.1) is 30.5 Å². The maximum Gasteiger partial charge on any atom is 0.290 e. The van der Waals surface area contributed by atoms with Crippen molar-refractivity contribution in [1.82, 2.24) is 30.9 Å². The SMILES string of the molecule is COc1cc(C(=O)NC2(C(=O)NC3CCc4cc(-c5cc(Cl)cc(F)c5-c5noc(C)n5)cnc43)CC2)on1. The number of fused-ring (bicyclic) bond motifs is 1. The predicted octanol–water partition coefficient (Wildman–Crippen LogP) is 3.96. The summed E-state index contributed by atoms with van der Waals surface area (Å²) in [5.74, 6) is -0.873. The Morgan fingerprint density at radius 3 is 2.69 bits per heavy atom. The van der Waals surface area contributed by atoms with Crippen LogP contribution < -0.4 is 15.4 Å². The summed E-state index contributed by atoms with van der Waals surface area (Å²) in [6.07, 6.45) is 3.89. The van der Waals surface area contributed by atoms with Crippen molar-refractivity contribution >= 4 is 23.4 Å². The second-order valence-corrected chi connectivity index (χ2v) is 9.99. The Kier molecular flexibility index (Phi) is 6.06. The predicted molar refractivity (Wildman–Crippen MR) is 134 cm³/mol. The van der Waals surface area contributed by atoms with Crippen LogP contribution in [0, 0.1) is 12.7 Å². The van der Waals surface area contributed by atoms with Crippen LogP contribution in [-0.4, -0.2) is 44.7 Å². The summed E-state index contributed by atoms with van der Waals surface area (Å²) >= 11 is 6.18. The summed E-state index contributed by atoms with van der Waals surface area (Å²) in [5, 5.41) is 13.5. The molecule has 1 atom stereocenters. The van der Waals surface area contributed by atoms with Crippen LogP contribution in [0.1, 0.15) is 53.0 Å². The molecule has 39 heavy (non-hydrogen) atoms. The standard InChI is InChI=1S/C26H22ClFN6O5/c1-12-30-23(34-38-12)21-16(8-15(27)9-17(21)28)14-7-13-3-4-18(22(13)29-11-14)31-25(36)26(5-6-26)32-24(35)19-10-20(37-2)33-39-19/h7-11,18H,3-6H2,1-2H3,(H,31,36)(H,32,35). The molecule has 0 saturated heterocycles. The Morgan fingerprint density at radius 1 is 1.18 bits per heavy atom. The minimum Gasteiger partial charge on any atom is -0.479 e. The van der Waals surface area contributed by atoms with Crippen molar-refractivity contribution < 1.29 is 27.8 Å². The van der Waals surface area contributed by atoms with E-state index in [1.807, 2.05) is 6.07 Å². The quantitative estimate of drug-likeness (QED) is 0.348. The number of amides is 2. The van der Waals surface area contributed by atoms with E-state index >= 15 is 0 Å². The molecule has 1 aromatic carbocycles. The summed E-state index contributed by atoms with van der Waals surface area (Å²) < 4.78 is 29.9. The third kappa shape index (κ3) is 4.60. The number of pyridine rings is 1. The van der Waals surface area contributed by atoms with Crippen LogP contribution in [0.5, 0.6) is 5.88 Å². The molecule has 200 valence electrons. The molecular formula is C26H22ClFN6O5. The van der Waals surface area contributed by atoms with E-state index in [2.05, 4.69) is 30.9 Å². The Bertz CT molecular complexity index is 1610. The topological polar surface area (TPSA) is 145 Å². The van der Waals surface area contributed by atoms with Crippen molar-refractivity contribution in [3.05, 3.63) is 64.2 Å². The van der Waals surface area contributed by atoms with Crippen molar-refractivity contribution in [2.45, 2.75) is 44.2 Å². The van der Waals surface area contributed by atoms with Crippen LogP contribution in [0.4, 0.5) is 4.39 Å². The third-order valence-electron chi connectivity index (χ3n) is 6.92. The number of aryl methyl sites for hydroxylation is 2. The third-order valence-corrected chi connectivity index (χ3v) is 7.13. The van der Waals surface area contributed by atoms with Gasteiger partial charge in [0, 0.05) is 23.7 Å². The van der Waals surface area contributed by atoms with Gasteiger partial charge in [0.1, 0.15) is 11.4 Å². The highest BCUT2D eigenvalue weighted by atomic mass is 35.5. The lowest BCUT2D eigenvalue weighted by atomic mass is 9.98. The summed E-state index contributed by atoms with van der Waals surface area (Å²) in [6.45, 7) is 1.62. The molecule has 1 saturated carbocycles. The average molecular weight is 553 g/mol. The largest absolute Gasteiger partial charge is 0.479 e. The van der Waals surface area contributed by atoms with E-state index in [0.29, 0.717) is 48.4 Å². The molecule has 4 aromatic rings. The fraction of sp³-hybridized carbons (Fsp3) is 0.308. The molecule has 1 fully saturated rings. The van der Waals surface area contributed by atoms with E-state index in [9.17, 15) is 14.0 Å². The first-order valence-corrected chi connectivity index (χ1v) is 12.6. The molecular weight excluding hydrogens is 531 g/mol. The van der Waals surface area contributed by atoms with Crippen LogP contribution in [-0.2, 0) is 11.2 Å². The van der Waals surface area contributed by atoms with Gasteiger partial charge >= 0.3 is 0 Å². The fourth-order valence-corrected chi connectivity index (χ4v) is 4.96. The Morgan fingerprint density at radius 2 is 2.00 bits per heavy atom. The number of rotatable bonds is 7. The lowest BCUT2D eigenvalue weighted by molar-refractivity contribution is -0.124. The Balaban J connectivity index is 1.21. The van der Waals surface area contributed by atoms with Crippen LogP contribution in [0.3, 0.4) is 0 Å². The van der Waals surface area contributed by atoms with E-state index in [1.54, 1.807) is 19.2 Å². The number of nitrogens with zero attached hydrogens (tertiary/aromatic N) is 4. The molecule has 0 radical (unpaired) electrons. The molecule has 3 heterocycles. The van der Waals surface area contributed by atoms with Crippen molar-refractivity contribution in [1.29, 1.82) is 0 Å². The molecule has 6 rings (SSSR count). The summed E-state index contributed by atoms with van der Waals surface area (Å²) in [7, 11) is 1.41. The average Bonchev–Trinajstić information content (AvgIpc) is 3.24. The van der Waals surface area contributed by atoms with Gasteiger partial charge in [0.15, 0.2) is 0 Å². The Labute approximate surface area is 226 Å². The second kappa shape index (κ2) is 9.45. The molecule has 0 aliphatic heterocycles. The number of benzene rings is 1. The van der Waals surface area contributed by atoms with E-state index in [4.69, 9.17) is 25.4 Å². The summed E-state index contributed by atoms with van der Waals surface area (Å²) in [5.41, 5.74) is 1.89. The monoisotopic (exact) mass is 552 g/mol. The lowest BCUT2D eigenvalue weighted by Crippen LogP contribution is -2.49. The van der Waals surface area contributed by atoms with Crippen LogP contribution in [0.25, 0.3) is 22.5 Å². The molecule has 3 aromatic heterocycles. The van der Waals surface area contributed by atoms with Crippen molar-refractivity contribution in [2.75, 3.05) is 7.11 Å². The number of hydrogen-bond donors (Lipinski definition) is 2. The fourth-order valence-electron chi connectivity index (χ4n) is 4.76. The minimum absolute atomic E-state index is 0.0425. The van der Waals surface area contributed by atoms with E-state index in [-0.39, 0.29) is 40.0 Å². The highest BCUT2D eigenvalue weighted by Crippen LogP contribution is 2.40. The normalized spacial score (nSPS) is 17.0. The molecule has 13 heteroatoms. The minimum atomic E-state index is -1.02. The number of hydrogen-bond acceptors (Lipinski definition) is 9. The molecule has 0 bridgehead atoms. The lowest BCUT2D eigenvalue weighted by Gasteiger charge is -2.20. The molecule has 2 aliphatic rings. The number of aromatic nitrogens is 4. The summed E-state index contributed by atoms with van der Waals surface area (Å²) in [4.78, 5) is 34.6. The number of methoxy groups -OCH3 is 1. The number of ether oxygens (including phenoxy) is 1. The van der Waals surface area contributed by atoms with Crippen molar-refractivity contribution in [3.8, 4) is 28.4 Å². The first kappa shape index (κ1) is 25.0. The van der Waals surface area contributed by atoms with Gasteiger partial charge < -0.3 is 24.4 Å². The van der Waals surface area contributed by atoms with Crippen LogP contribution in [0.15, 0.2) is 39.5 Å². The highest BCUT2D eigenvalue weighted by Gasteiger charge is 2.52. The number of halogens is 2. The van der Waals surface area contributed by atoms with E-state index < -0.39 is 17.3 Å². The molecule has 2 N–H and O–H groups in total. The number of carbonyl (C=O) groups excluding carboxylic acids is 2. The zero-order valence-corrected chi connectivity index (χ0v) is 21.6. The van der Waals surface area contributed by atoms with Crippen LogP contribution in [0.2, 0.25) is 5.02 Å². The summed E-state index contributed by atoms with van der Waals surface area (Å²) in [6, 6.07) is 5.75. The van der Waals surface area contributed by atoms with Gasteiger partial charge in [-0.05, 0) is 60.2 Å². The van der Waals surface area contributed by atoms with Gasteiger partial charge in [0.2, 0.25) is 23.4 Å². The van der Waals surface area contributed by atoms with E-state index in [0.717, 1.165) is 5.56 Å². The van der Waals surface area contributed by atoms with Crippen molar-refractivity contribution in [3.63, 3.8) is 0 Å². The first-order valence-electron chi connectivity index (χ1n) is 12.2. The van der Waals surface area contributed by atoms with Gasteiger partial charge in [-0.1, -0.05) is 16.8 Å². The molecule has 0 spiro atoms. The maximum atomic E-state index is 15.0. The number of nitrogens with one attached hydrogen (secondary N) is 2. The molecule has 2 amide bonds. The second-order valence-electron chi connectivity index (χ2n) is 9.55. The maximum absolute atomic E-state index is 15.0. The van der Waals surface area contributed by atoms with Crippen LogP contribution >= 0.6 is 11.6 Å². The highest BCUT2D eigenvalue weighted by molar-refractivity contribution is 6.31. The first-order chi connectivity index (χ1) is 18.8. The van der Waals surface area contributed by atoms with E-state index in [1.165, 1.54) is 19.2 Å². The van der Waals surface area contributed by atoms with Gasteiger partial charge in [0.25, 0.3) is 11.8 Å². The molecule has 11 nitrogen and oxygen atoms in total. The van der Waals surface area contributed by atoms with Gasteiger partial charge in [-0.25, -0.2) is 4.39 Å². The molecule has 2 aliphatic carbocycles. The van der Waals surface area contributed by atoms with Gasteiger partial charge in [-0.15, -0.1) is 0 Å². The van der Waals surface area contributed by atoms with Gasteiger partial charge in [-0.3, -0.25) is 14.6 Å². The van der Waals surface area contributed by atoms with Gasteiger partial charge in [-0.2, -0.15) is 4.98 Å². The smallest absolute Gasteiger partial charge is 0.290 e. The zero-order valence-electron chi connectivity index (χ0n) is 20.9.